The van der Waals surface area contributed by atoms with Gasteiger partial charge in [0.25, 0.3) is 0 Å². The normalized spacial score (nSPS) is 41.5. The fourth-order valence-electron chi connectivity index (χ4n) is 4.51. The van der Waals surface area contributed by atoms with Gasteiger partial charge >= 0.3 is 0 Å². The van der Waals surface area contributed by atoms with E-state index in [9.17, 15) is 0 Å². The Kier molecular flexibility index (Phi) is 5.92. The van der Waals surface area contributed by atoms with Crippen molar-refractivity contribution in [2.45, 2.75) is 84.8 Å². The van der Waals surface area contributed by atoms with Crippen LogP contribution in [0.15, 0.2) is 0 Å². The summed E-state index contributed by atoms with van der Waals surface area (Å²) in [6.45, 7) is 14.5. The third kappa shape index (κ3) is 3.76. The smallest absolute Gasteiger partial charge is 0.0221 e. The first-order valence-corrected chi connectivity index (χ1v) is 9.04. The summed E-state index contributed by atoms with van der Waals surface area (Å²) in [5.74, 6) is 2.63. The Labute approximate surface area is 126 Å². The van der Waals surface area contributed by atoms with E-state index in [1.165, 1.54) is 45.2 Å². The van der Waals surface area contributed by atoms with Crippen LogP contribution in [0, 0.1) is 17.8 Å². The Balaban J connectivity index is 2.04. The highest BCUT2D eigenvalue weighted by atomic mass is 15.3. The van der Waals surface area contributed by atoms with E-state index in [0.29, 0.717) is 6.04 Å². The quantitative estimate of drug-likeness (QED) is 0.840. The largest absolute Gasteiger partial charge is 0.311 e. The standard InChI is InChI=1S/C18H36N2/c1-6-15(5)18-12-20(16(7-2)11-19-18)17-9-13(3)8-14(4)10-17/h13-19H,6-12H2,1-5H3. The Hall–Kier alpha value is -0.0800. The summed E-state index contributed by atoms with van der Waals surface area (Å²) in [4.78, 5) is 2.89. The molecule has 1 heterocycles. The Morgan fingerprint density at radius 3 is 2.30 bits per heavy atom. The van der Waals surface area contributed by atoms with E-state index in [1.54, 1.807) is 0 Å². The highest BCUT2D eigenvalue weighted by Gasteiger charge is 2.36. The number of hydrogen-bond donors (Lipinski definition) is 1. The summed E-state index contributed by atoms with van der Waals surface area (Å²) in [6.07, 6.45) is 6.87. The molecule has 2 heteroatoms. The fraction of sp³-hybridized carbons (Fsp3) is 1.00. The minimum Gasteiger partial charge on any atom is -0.311 e. The van der Waals surface area contributed by atoms with Gasteiger partial charge in [-0.2, -0.15) is 0 Å². The molecule has 20 heavy (non-hydrogen) atoms. The second kappa shape index (κ2) is 7.26. The Morgan fingerprint density at radius 1 is 1.10 bits per heavy atom. The summed E-state index contributed by atoms with van der Waals surface area (Å²) in [5, 5.41) is 3.82. The molecule has 2 nitrogen and oxygen atoms in total. The predicted molar refractivity (Wildman–Crippen MR) is 88.0 cm³/mol. The van der Waals surface area contributed by atoms with Gasteiger partial charge in [-0.15, -0.1) is 0 Å². The van der Waals surface area contributed by atoms with Crippen LogP contribution in [0.3, 0.4) is 0 Å². The molecule has 1 aliphatic carbocycles. The van der Waals surface area contributed by atoms with E-state index in [4.69, 9.17) is 0 Å². The van der Waals surface area contributed by atoms with Gasteiger partial charge in [0.05, 0.1) is 0 Å². The molecule has 1 saturated heterocycles. The summed E-state index contributed by atoms with van der Waals surface area (Å²) in [7, 11) is 0. The van der Waals surface area contributed by atoms with E-state index >= 15 is 0 Å². The van der Waals surface area contributed by atoms with Crippen LogP contribution >= 0.6 is 0 Å². The number of hydrogen-bond acceptors (Lipinski definition) is 2. The molecule has 1 saturated carbocycles. The average molecular weight is 280 g/mol. The lowest BCUT2D eigenvalue weighted by Crippen LogP contribution is -2.61. The maximum absolute atomic E-state index is 3.82. The highest BCUT2D eigenvalue weighted by Crippen LogP contribution is 2.34. The molecule has 0 radical (unpaired) electrons. The Morgan fingerprint density at radius 2 is 1.75 bits per heavy atom. The van der Waals surface area contributed by atoms with E-state index in [1.807, 2.05) is 0 Å². The summed E-state index contributed by atoms with van der Waals surface area (Å²) < 4.78 is 0. The molecule has 0 spiro atoms. The van der Waals surface area contributed by atoms with Gasteiger partial charge in [0, 0.05) is 31.2 Å². The first kappa shape index (κ1) is 16.3. The van der Waals surface area contributed by atoms with Gasteiger partial charge in [0.1, 0.15) is 0 Å². The zero-order valence-electron chi connectivity index (χ0n) is 14.4. The molecule has 0 aromatic rings. The van der Waals surface area contributed by atoms with Crippen LogP contribution in [0.1, 0.15) is 66.7 Å². The predicted octanol–water partition coefficient (Wildman–Crippen LogP) is 3.91. The molecular weight excluding hydrogens is 244 g/mol. The minimum atomic E-state index is 0.704. The van der Waals surface area contributed by atoms with Crippen LogP contribution in [0.25, 0.3) is 0 Å². The third-order valence-electron chi connectivity index (χ3n) is 5.92. The van der Waals surface area contributed by atoms with Crippen LogP contribution in [0.2, 0.25) is 0 Å². The van der Waals surface area contributed by atoms with E-state index in [0.717, 1.165) is 29.8 Å². The average Bonchev–Trinajstić information content (AvgIpc) is 2.44. The van der Waals surface area contributed by atoms with Gasteiger partial charge in [-0.1, -0.05) is 41.0 Å². The molecule has 0 amide bonds. The van der Waals surface area contributed by atoms with Crippen molar-refractivity contribution in [2.75, 3.05) is 13.1 Å². The fourth-order valence-corrected chi connectivity index (χ4v) is 4.51. The molecule has 0 bridgehead atoms. The first-order valence-electron chi connectivity index (χ1n) is 9.04. The molecule has 2 rings (SSSR count). The van der Waals surface area contributed by atoms with Crippen LogP contribution in [-0.4, -0.2) is 36.1 Å². The maximum atomic E-state index is 3.82. The molecule has 0 aromatic carbocycles. The number of nitrogens with one attached hydrogen (secondary N) is 1. The summed E-state index contributed by atoms with van der Waals surface area (Å²) in [5.41, 5.74) is 0. The second-order valence-electron chi connectivity index (χ2n) is 7.73. The lowest BCUT2D eigenvalue weighted by atomic mass is 9.78. The maximum Gasteiger partial charge on any atom is 0.0221 e. The van der Waals surface area contributed by atoms with Crippen LogP contribution < -0.4 is 5.32 Å². The van der Waals surface area contributed by atoms with E-state index in [2.05, 4.69) is 44.8 Å². The molecule has 1 N–H and O–H groups in total. The van der Waals surface area contributed by atoms with E-state index in [-0.39, 0.29) is 0 Å². The van der Waals surface area contributed by atoms with Crippen LogP contribution in [-0.2, 0) is 0 Å². The number of piperazine rings is 1. The molecule has 118 valence electrons. The molecule has 5 unspecified atom stereocenters. The lowest BCUT2D eigenvalue weighted by molar-refractivity contribution is 0.0272. The van der Waals surface area contributed by atoms with Crippen molar-refractivity contribution in [3.05, 3.63) is 0 Å². The molecule has 2 fully saturated rings. The number of rotatable bonds is 4. The minimum absolute atomic E-state index is 0.704. The summed E-state index contributed by atoms with van der Waals surface area (Å²) >= 11 is 0. The van der Waals surface area contributed by atoms with Crippen molar-refractivity contribution in [3.8, 4) is 0 Å². The highest BCUT2D eigenvalue weighted by molar-refractivity contribution is 4.93. The van der Waals surface area contributed by atoms with Crippen molar-refractivity contribution in [1.82, 2.24) is 10.2 Å². The number of nitrogens with zero attached hydrogens (tertiary/aromatic N) is 1. The zero-order valence-corrected chi connectivity index (χ0v) is 14.4. The van der Waals surface area contributed by atoms with Gasteiger partial charge in [-0.05, 0) is 43.4 Å². The molecule has 2 aliphatic rings. The molecule has 5 atom stereocenters. The van der Waals surface area contributed by atoms with Gasteiger partial charge in [-0.25, -0.2) is 0 Å². The van der Waals surface area contributed by atoms with Crippen molar-refractivity contribution >= 4 is 0 Å². The lowest BCUT2D eigenvalue weighted by Gasteiger charge is -2.48. The molecular formula is C18H36N2. The van der Waals surface area contributed by atoms with Crippen LogP contribution in [0.4, 0.5) is 0 Å². The van der Waals surface area contributed by atoms with Gasteiger partial charge < -0.3 is 5.32 Å². The molecule has 0 aromatic heterocycles. The van der Waals surface area contributed by atoms with Crippen molar-refractivity contribution in [1.29, 1.82) is 0 Å². The topological polar surface area (TPSA) is 15.3 Å². The van der Waals surface area contributed by atoms with Gasteiger partial charge in [0.2, 0.25) is 0 Å². The van der Waals surface area contributed by atoms with Crippen molar-refractivity contribution in [2.24, 2.45) is 17.8 Å². The zero-order chi connectivity index (χ0) is 14.7. The van der Waals surface area contributed by atoms with Gasteiger partial charge in [0.15, 0.2) is 0 Å². The SMILES string of the molecule is CCC(C)C1CN(C2CC(C)CC(C)C2)C(CC)CN1. The van der Waals surface area contributed by atoms with Crippen molar-refractivity contribution < 1.29 is 0 Å². The molecule has 1 aliphatic heterocycles. The van der Waals surface area contributed by atoms with E-state index < -0.39 is 0 Å². The Bertz CT molecular complexity index is 281. The second-order valence-corrected chi connectivity index (χ2v) is 7.73. The van der Waals surface area contributed by atoms with Gasteiger partial charge in [-0.3, -0.25) is 4.90 Å². The monoisotopic (exact) mass is 280 g/mol. The third-order valence-corrected chi connectivity index (χ3v) is 5.92. The van der Waals surface area contributed by atoms with Crippen molar-refractivity contribution in [3.63, 3.8) is 0 Å². The van der Waals surface area contributed by atoms with Crippen LogP contribution in [0.5, 0.6) is 0 Å². The summed E-state index contributed by atoms with van der Waals surface area (Å²) in [6, 6.07) is 2.31. The first-order chi connectivity index (χ1) is 9.55.